The van der Waals surface area contributed by atoms with Crippen LogP contribution in [0, 0.1) is 5.41 Å². The highest BCUT2D eigenvalue weighted by Gasteiger charge is 2.19. The number of carbonyl (C=O) groups excluding carboxylic acids is 1. The number of rotatable bonds is 9. The Labute approximate surface area is 126 Å². The monoisotopic (exact) mass is 294 g/mol. The molecule has 0 fully saturated rings. The lowest BCUT2D eigenvalue weighted by atomic mass is 9.90. The summed E-state index contributed by atoms with van der Waals surface area (Å²) in [5, 5.41) is 6.01. The molecule has 118 valence electrons. The fourth-order valence-electron chi connectivity index (χ4n) is 1.67. The molecule has 1 aromatic heterocycles. The first-order valence-electron chi connectivity index (χ1n) is 7.31. The Morgan fingerprint density at radius 1 is 1.33 bits per heavy atom. The number of amides is 1. The number of methoxy groups -OCH3 is 1. The summed E-state index contributed by atoms with van der Waals surface area (Å²) in [7, 11) is 1.68. The molecule has 0 saturated heterocycles. The fourth-order valence-corrected chi connectivity index (χ4v) is 1.67. The van der Waals surface area contributed by atoms with E-state index in [9.17, 15) is 4.79 Å². The van der Waals surface area contributed by atoms with Crippen molar-refractivity contribution in [3.63, 3.8) is 0 Å². The Balaban J connectivity index is 2.48. The lowest BCUT2D eigenvalue weighted by Crippen LogP contribution is -2.35. The van der Waals surface area contributed by atoms with Crippen molar-refractivity contribution in [2.24, 2.45) is 5.41 Å². The van der Waals surface area contributed by atoms with Crippen molar-refractivity contribution in [2.75, 3.05) is 32.1 Å². The van der Waals surface area contributed by atoms with Crippen molar-refractivity contribution in [1.29, 1.82) is 0 Å². The molecule has 0 aliphatic carbocycles. The molecule has 0 aromatic carbocycles. The Bertz CT molecular complexity index is 432. The van der Waals surface area contributed by atoms with E-state index in [0.29, 0.717) is 24.7 Å². The van der Waals surface area contributed by atoms with Crippen LogP contribution in [0.1, 0.15) is 44.1 Å². The van der Waals surface area contributed by atoms with Crippen LogP contribution < -0.4 is 10.6 Å². The SMILES string of the molecule is CCCNc1cnc(C(=O)NCC(C)(C)CCOC)cn1. The average Bonchev–Trinajstić information content (AvgIpc) is 2.49. The van der Waals surface area contributed by atoms with Crippen LogP contribution in [0.3, 0.4) is 0 Å². The number of ether oxygens (including phenoxy) is 1. The van der Waals surface area contributed by atoms with E-state index in [1.807, 2.05) is 0 Å². The van der Waals surface area contributed by atoms with Gasteiger partial charge in [-0.05, 0) is 18.3 Å². The Morgan fingerprint density at radius 3 is 2.67 bits per heavy atom. The summed E-state index contributed by atoms with van der Waals surface area (Å²) >= 11 is 0. The predicted molar refractivity (Wildman–Crippen MR) is 83.4 cm³/mol. The van der Waals surface area contributed by atoms with Gasteiger partial charge < -0.3 is 15.4 Å². The summed E-state index contributed by atoms with van der Waals surface area (Å²) in [6.07, 6.45) is 4.98. The third-order valence-corrected chi connectivity index (χ3v) is 3.15. The summed E-state index contributed by atoms with van der Waals surface area (Å²) in [5.41, 5.74) is 0.321. The minimum atomic E-state index is -0.199. The quantitative estimate of drug-likeness (QED) is 0.729. The third-order valence-electron chi connectivity index (χ3n) is 3.15. The molecule has 0 aliphatic heterocycles. The Morgan fingerprint density at radius 2 is 2.10 bits per heavy atom. The fraction of sp³-hybridized carbons (Fsp3) is 0.667. The summed E-state index contributed by atoms with van der Waals surface area (Å²) in [4.78, 5) is 20.3. The molecule has 0 aliphatic rings. The maximum atomic E-state index is 12.0. The van der Waals surface area contributed by atoms with Crippen molar-refractivity contribution >= 4 is 11.7 Å². The molecule has 1 rings (SSSR count). The zero-order valence-electron chi connectivity index (χ0n) is 13.4. The van der Waals surface area contributed by atoms with Gasteiger partial charge in [0.25, 0.3) is 5.91 Å². The summed E-state index contributed by atoms with van der Waals surface area (Å²) < 4.78 is 5.07. The van der Waals surface area contributed by atoms with Gasteiger partial charge in [-0.3, -0.25) is 4.79 Å². The lowest BCUT2D eigenvalue weighted by Gasteiger charge is -2.24. The van der Waals surface area contributed by atoms with Gasteiger partial charge in [0.2, 0.25) is 0 Å². The smallest absolute Gasteiger partial charge is 0.271 e. The largest absolute Gasteiger partial charge is 0.385 e. The molecule has 6 heteroatoms. The van der Waals surface area contributed by atoms with Crippen LogP contribution in [0.25, 0.3) is 0 Å². The van der Waals surface area contributed by atoms with Crippen molar-refractivity contribution in [3.8, 4) is 0 Å². The Hall–Kier alpha value is -1.69. The molecular weight excluding hydrogens is 268 g/mol. The molecule has 0 unspecified atom stereocenters. The molecule has 0 bridgehead atoms. The number of carbonyl (C=O) groups is 1. The van der Waals surface area contributed by atoms with Crippen LogP contribution in [0.4, 0.5) is 5.82 Å². The van der Waals surface area contributed by atoms with Crippen molar-refractivity contribution in [2.45, 2.75) is 33.6 Å². The first-order valence-corrected chi connectivity index (χ1v) is 7.31. The molecule has 1 amide bonds. The molecule has 0 atom stereocenters. The van der Waals surface area contributed by atoms with E-state index < -0.39 is 0 Å². The van der Waals surface area contributed by atoms with Gasteiger partial charge in [-0.25, -0.2) is 9.97 Å². The molecular formula is C15H26N4O2. The van der Waals surface area contributed by atoms with Gasteiger partial charge in [0.05, 0.1) is 12.4 Å². The van der Waals surface area contributed by atoms with E-state index in [1.165, 1.54) is 6.20 Å². The second-order valence-electron chi connectivity index (χ2n) is 5.80. The third kappa shape index (κ3) is 6.53. The van der Waals surface area contributed by atoms with Crippen LogP contribution in [-0.2, 0) is 4.74 Å². The van der Waals surface area contributed by atoms with Gasteiger partial charge in [0, 0.05) is 26.8 Å². The topological polar surface area (TPSA) is 76.1 Å². The van der Waals surface area contributed by atoms with Gasteiger partial charge >= 0.3 is 0 Å². The minimum Gasteiger partial charge on any atom is -0.385 e. The zero-order valence-corrected chi connectivity index (χ0v) is 13.4. The van der Waals surface area contributed by atoms with Gasteiger partial charge in [-0.1, -0.05) is 20.8 Å². The van der Waals surface area contributed by atoms with Gasteiger partial charge in [0.15, 0.2) is 0 Å². The van der Waals surface area contributed by atoms with Gasteiger partial charge in [0.1, 0.15) is 11.5 Å². The maximum absolute atomic E-state index is 12.0. The van der Waals surface area contributed by atoms with E-state index in [0.717, 1.165) is 19.4 Å². The summed E-state index contributed by atoms with van der Waals surface area (Å²) in [6, 6.07) is 0. The molecule has 2 N–H and O–H groups in total. The van der Waals surface area contributed by atoms with Crippen molar-refractivity contribution in [1.82, 2.24) is 15.3 Å². The van der Waals surface area contributed by atoms with Crippen LogP contribution in [-0.4, -0.2) is 42.7 Å². The molecule has 0 saturated carbocycles. The first-order chi connectivity index (χ1) is 9.98. The van der Waals surface area contributed by atoms with Crippen LogP contribution >= 0.6 is 0 Å². The second-order valence-corrected chi connectivity index (χ2v) is 5.80. The minimum absolute atomic E-state index is 0.0122. The average molecular weight is 294 g/mol. The molecule has 0 radical (unpaired) electrons. The molecule has 0 spiro atoms. The number of hydrogen-bond donors (Lipinski definition) is 2. The van der Waals surface area contributed by atoms with Gasteiger partial charge in [-0.15, -0.1) is 0 Å². The summed E-state index contributed by atoms with van der Waals surface area (Å²) in [6.45, 7) is 8.36. The molecule has 1 heterocycles. The number of hydrogen-bond acceptors (Lipinski definition) is 5. The normalized spacial score (nSPS) is 11.2. The van der Waals surface area contributed by atoms with E-state index in [2.05, 4.69) is 41.4 Å². The highest BCUT2D eigenvalue weighted by molar-refractivity contribution is 5.92. The standard InChI is InChI=1S/C15H26N4O2/c1-5-7-16-13-10-17-12(9-18-13)14(20)19-11-15(2,3)6-8-21-4/h9-10H,5-8,11H2,1-4H3,(H,16,18)(H,19,20). The number of aromatic nitrogens is 2. The van der Waals surface area contributed by atoms with E-state index in [4.69, 9.17) is 4.74 Å². The predicted octanol–water partition coefficient (Wildman–Crippen LogP) is 2.09. The molecule has 1 aromatic rings. The lowest BCUT2D eigenvalue weighted by molar-refractivity contribution is 0.0915. The highest BCUT2D eigenvalue weighted by Crippen LogP contribution is 2.18. The highest BCUT2D eigenvalue weighted by atomic mass is 16.5. The van der Waals surface area contributed by atoms with Crippen molar-refractivity contribution in [3.05, 3.63) is 18.1 Å². The number of nitrogens with one attached hydrogen (secondary N) is 2. The van der Waals surface area contributed by atoms with Gasteiger partial charge in [-0.2, -0.15) is 0 Å². The number of anilines is 1. The van der Waals surface area contributed by atoms with Crippen LogP contribution in [0.2, 0.25) is 0 Å². The molecule has 21 heavy (non-hydrogen) atoms. The first kappa shape index (κ1) is 17.4. The second kappa shape index (κ2) is 8.56. The van der Waals surface area contributed by atoms with Crippen LogP contribution in [0.5, 0.6) is 0 Å². The van der Waals surface area contributed by atoms with Crippen molar-refractivity contribution < 1.29 is 9.53 Å². The van der Waals surface area contributed by atoms with E-state index >= 15 is 0 Å². The van der Waals surface area contributed by atoms with Crippen LogP contribution in [0.15, 0.2) is 12.4 Å². The molecule has 6 nitrogen and oxygen atoms in total. The summed E-state index contributed by atoms with van der Waals surface area (Å²) in [5.74, 6) is 0.490. The van der Waals surface area contributed by atoms with E-state index in [-0.39, 0.29) is 11.3 Å². The Kier molecular flexibility index (Phi) is 7.08. The zero-order chi connectivity index (χ0) is 15.7. The van der Waals surface area contributed by atoms with E-state index in [1.54, 1.807) is 13.3 Å². The number of nitrogens with zero attached hydrogens (tertiary/aromatic N) is 2. The maximum Gasteiger partial charge on any atom is 0.271 e.